The van der Waals surface area contributed by atoms with Crippen molar-refractivity contribution in [2.45, 2.75) is 24.7 Å². The lowest BCUT2D eigenvalue weighted by Gasteiger charge is -2.33. The van der Waals surface area contributed by atoms with Gasteiger partial charge in [0.15, 0.2) is 0 Å². The predicted molar refractivity (Wildman–Crippen MR) is 95.8 cm³/mol. The summed E-state index contributed by atoms with van der Waals surface area (Å²) in [6.07, 6.45) is 12.6. The molecule has 1 aromatic rings. The van der Waals surface area contributed by atoms with E-state index in [-0.39, 0.29) is 5.41 Å². The molecule has 0 aromatic heterocycles. The lowest BCUT2D eigenvalue weighted by atomic mass is 9.72. The molecule has 3 heteroatoms. The molecule has 0 spiro atoms. The highest BCUT2D eigenvalue weighted by Crippen LogP contribution is 2.42. The van der Waals surface area contributed by atoms with Crippen LogP contribution < -0.4 is 10.5 Å². The second kappa shape index (κ2) is 7.33. The monoisotopic (exact) mass is 312 g/mol. The Morgan fingerprint density at radius 2 is 2.26 bits per heavy atom. The summed E-state index contributed by atoms with van der Waals surface area (Å²) < 4.78 is 5.75. The average Bonchev–Trinajstić information content (AvgIpc) is 2.96. The van der Waals surface area contributed by atoms with E-state index in [1.165, 1.54) is 24.9 Å². The first-order valence-corrected chi connectivity index (χ1v) is 8.67. The Morgan fingerprint density at radius 3 is 2.96 bits per heavy atom. The van der Waals surface area contributed by atoms with Crippen LogP contribution in [0.1, 0.15) is 24.8 Å². The smallest absolute Gasteiger partial charge is 0.119 e. The van der Waals surface area contributed by atoms with Gasteiger partial charge in [-0.1, -0.05) is 36.4 Å². The van der Waals surface area contributed by atoms with Crippen molar-refractivity contribution < 1.29 is 4.74 Å². The van der Waals surface area contributed by atoms with Gasteiger partial charge in [0.1, 0.15) is 12.4 Å². The first kappa shape index (κ1) is 16.3. The zero-order valence-corrected chi connectivity index (χ0v) is 14.1. The number of hydrogen-bond acceptors (Lipinski definition) is 3. The van der Waals surface area contributed by atoms with Crippen LogP contribution >= 0.6 is 0 Å². The Balaban J connectivity index is 1.83. The summed E-state index contributed by atoms with van der Waals surface area (Å²) >= 11 is 0. The lowest BCUT2D eigenvalue weighted by molar-refractivity contribution is 0.315. The third kappa shape index (κ3) is 3.85. The molecular formula is C20H28N2O. The van der Waals surface area contributed by atoms with Crippen molar-refractivity contribution in [3.63, 3.8) is 0 Å². The standard InChI is InChI=1S/C20H28N2O/c1-22-12-10-20(16-22,15-17-6-3-2-4-7-17)18-8-5-9-19(14-18)23-13-11-21/h2-6,8-9,14,17H,7,10-13,15-16,21H2,1H3. The number of hydrogen-bond donors (Lipinski definition) is 1. The molecule has 0 radical (unpaired) electrons. The van der Waals surface area contributed by atoms with Gasteiger partial charge in [0, 0.05) is 18.5 Å². The molecule has 1 saturated heterocycles. The maximum Gasteiger partial charge on any atom is 0.119 e. The SMILES string of the molecule is CN1CCC(CC2C=CC=CC2)(c2cccc(OCCN)c2)C1. The van der Waals surface area contributed by atoms with Crippen LogP contribution in [0.4, 0.5) is 0 Å². The van der Waals surface area contributed by atoms with Gasteiger partial charge in [0.05, 0.1) is 0 Å². The van der Waals surface area contributed by atoms with Gasteiger partial charge in [-0.25, -0.2) is 0 Å². The van der Waals surface area contributed by atoms with E-state index in [1.807, 2.05) is 6.07 Å². The van der Waals surface area contributed by atoms with Crippen molar-refractivity contribution in [3.05, 3.63) is 54.1 Å². The van der Waals surface area contributed by atoms with E-state index in [9.17, 15) is 0 Å². The normalized spacial score (nSPS) is 27.5. The number of allylic oxidation sites excluding steroid dienone is 4. The first-order valence-electron chi connectivity index (χ1n) is 8.67. The molecule has 3 nitrogen and oxygen atoms in total. The largest absolute Gasteiger partial charge is 0.492 e. The summed E-state index contributed by atoms with van der Waals surface area (Å²) in [7, 11) is 2.23. The van der Waals surface area contributed by atoms with E-state index < -0.39 is 0 Å². The number of nitrogens with zero attached hydrogens (tertiary/aromatic N) is 1. The second-order valence-electron chi connectivity index (χ2n) is 6.95. The molecule has 0 bridgehead atoms. The third-order valence-electron chi connectivity index (χ3n) is 5.10. The average molecular weight is 312 g/mol. The maximum absolute atomic E-state index is 5.75. The van der Waals surface area contributed by atoms with Crippen LogP contribution in [0.2, 0.25) is 0 Å². The van der Waals surface area contributed by atoms with Gasteiger partial charge in [-0.3, -0.25) is 0 Å². The topological polar surface area (TPSA) is 38.5 Å². The van der Waals surface area contributed by atoms with E-state index in [0.29, 0.717) is 19.1 Å². The lowest BCUT2D eigenvalue weighted by Crippen LogP contribution is -2.32. The van der Waals surface area contributed by atoms with Crippen LogP contribution in [0.5, 0.6) is 5.75 Å². The van der Waals surface area contributed by atoms with Crippen LogP contribution in [-0.2, 0) is 5.41 Å². The van der Waals surface area contributed by atoms with Crippen molar-refractivity contribution >= 4 is 0 Å². The van der Waals surface area contributed by atoms with Crippen LogP contribution in [0.25, 0.3) is 0 Å². The van der Waals surface area contributed by atoms with Crippen LogP contribution in [-0.4, -0.2) is 38.2 Å². The molecule has 23 heavy (non-hydrogen) atoms. The molecule has 124 valence electrons. The van der Waals surface area contributed by atoms with E-state index >= 15 is 0 Å². The van der Waals surface area contributed by atoms with Crippen molar-refractivity contribution in [2.75, 3.05) is 33.3 Å². The number of nitrogens with two attached hydrogens (primary N) is 1. The van der Waals surface area contributed by atoms with Crippen LogP contribution in [0.15, 0.2) is 48.6 Å². The fourth-order valence-electron chi connectivity index (χ4n) is 3.98. The minimum atomic E-state index is 0.233. The maximum atomic E-state index is 5.75. The van der Waals surface area contributed by atoms with Gasteiger partial charge in [0.2, 0.25) is 0 Å². The molecule has 1 aromatic carbocycles. The molecular weight excluding hydrogens is 284 g/mol. The van der Waals surface area contributed by atoms with Crippen molar-refractivity contribution in [1.82, 2.24) is 4.90 Å². The summed E-state index contributed by atoms with van der Waals surface area (Å²) in [5.74, 6) is 1.58. The Morgan fingerprint density at radius 1 is 1.35 bits per heavy atom. The van der Waals surface area contributed by atoms with Crippen LogP contribution in [0.3, 0.4) is 0 Å². The molecule has 2 atom stereocenters. The molecule has 1 aliphatic carbocycles. The summed E-state index contributed by atoms with van der Waals surface area (Å²) in [4.78, 5) is 2.45. The van der Waals surface area contributed by atoms with Crippen LogP contribution in [0, 0.1) is 5.92 Å². The number of ether oxygens (including phenoxy) is 1. The number of benzene rings is 1. The highest BCUT2D eigenvalue weighted by molar-refractivity contribution is 5.36. The van der Waals surface area contributed by atoms with Gasteiger partial charge in [0.25, 0.3) is 0 Å². The minimum absolute atomic E-state index is 0.233. The quantitative estimate of drug-likeness (QED) is 0.877. The highest BCUT2D eigenvalue weighted by atomic mass is 16.5. The zero-order chi connectivity index (χ0) is 16.1. The molecule has 1 heterocycles. The molecule has 1 fully saturated rings. The number of likely N-dealkylation sites (tertiary alicyclic amines) is 1. The fourth-order valence-corrected chi connectivity index (χ4v) is 3.98. The Bertz CT molecular complexity index is 581. The first-order chi connectivity index (χ1) is 11.2. The summed E-state index contributed by atoms with van der Waals surface area (Å²) in [6, 6.07) is 8.67. The number of likely N-dealkylation sites (N-methyl/N-ethyl adjacent to an activating group) is 1. The molecule has 3 rings (SSSR count). The van der Waals surface area contributed by atoms with Crippen molar-refractivity contribution in [1.29, 1.82) is 0 Å². The molecule has 2 unspecified atom stereocenters. The molecule has 1 aliphatic heterocycles. The third-order valence-corrected chi connectivity index (χ3v) is 5.10. The Labute approximate surface area is 139 Å². The van der Waals surface area contributed by atoms with Gasteiger partial charge < -0.3 is 15.4 Å². The molecule has 2 N–H and O–H groups in total. The van der Waals surface area contributed by atoms with Crippen molar-refractivity contribution in [2.24, 2.45) is 11.7 Å². The molecule has 0 amide bonds. The molecule has 0 saturated carbocycles. The molecule has 2 aliphatic rings. The zero-order valence-electron chi connectivity index (χ0n) is 14.1. The van der Waals surface area contributed by atoms with E-state index in [0.717, 1.165) is 18.7 Å². The van der Waals surface area contributed by atoms with Gasteiger partial charge >= 0.3 is 0 Å². The second-order valence-corrected chi connectivity index (χ2v) is 6.95. The highest BCUT2D eigenvalue weighted by Gasteiger charge is 2.39. The minimum Gasteiger partial charge on any atom is -0.492 e. The fraction of sp³-hybridized carbons (Fsp3) is 0.500. The van der Waals surface area contributed by atoms with Crippen molar-refractivity contribution in [3.8, 4) is 5.75 Å². The Hall–Kier alpha value is -1.58. The summed E-state index contributed by atoms with van der Waals surface area (Å²) in [5.41, 5.74) is 7.21. The summed E-state index contributed by atoms with van der Waals surface area (Å²) in [5, 5.41) is 0. The summed E-state index contributed by atoms with van der Waals surface area (Å²) in [6.45, 7) is 3.42. The van der Waals surface area contributed by atoms with E-state index in [2.05, 4.69) is 54.5 Å². The van der Waals surface area contributed by atoms with E-state index in [1.54, 1.807) is 0 Å². The number of rotatable bonds is 6. The van der Waals surface area contributed by atoms with Gasteiger partial charge in [-0.15, -0.1) is 0 Å². The van der Waals surface area contributed by atoms with Gasteiger partial charge in [-0.05, 0) is 56.5 Å². The van der Waals surface area contributed by atoms with Gasteiger partial charge in [-0.2, -0.15) is 0 Å². The van der Waals surface area contributed by atoms with E-state index in [4.69, 9.17) is 10.5 Å². The predicted octanol–water partition coefficient (Wildman–Crippen LogP) is 3.12. The Kier molecular flexibility index (Phi) is 5.19.